The Bertz CT molecular complexity index is 757. The number of hydrogen-bond donors (Lipinski definition) is 1. The van der Waals surface area contributed by atoms with E-state index >= 15 is 0 Å². The van der Waals surface area contributed by atoms with Gasteiger partial charge in [0.25, 0.3) is 0 Å². The Kier molecular flexibility index (Phi) is 7.72. The highest BCUT2D eigenvalue weighted by Gasteiger charge is 2.18. The van der Waals surface area contributed by atoms with E-state index in [1.807, 2.05) is 13.0 Å². The van der Waals surface area contributed by atoms with Gasteiger partial charge in [0.05, 0.1) is 25.3 Å². The van der Waals surface area contributed by atoms with Gasteiger partial charge in [-0.1, -0.05) is 13.8 Å². The molecule has 0 saturated carbocycles. The third-order valence-electron chi connectivity index (χ3n) is 5.16. The summed E-state index contributed by atoms with van der Waals surface area (Å²) in [6, 6.07) is 4.44. The summed E-state index contributed by atoms with van der Waals surface area (Å²) in [5.41, 5.74) is 3.94. The van der Waals surface area contributed by atoms with Crippen molar-refractivity contribution in [1.29, 1.82) is 0 Å². The second-order valence-electron chi connectivity index (χ2n) is 7.18. The Morgan fingerprint density at radius 3 is 2.41 bits per heavy atom. The third kappa shape index (κ3) is 5.04. The second-order valence-corrected chi connectivity index (χ2v) is 7.18. The summed E-state index contributed by atoms with van der Waals surface area (Å²) in [6.45, 7) is 14.1. The highest BCUT2D eigenvalue weighted by atomic mass is 16.5. The van der Waals surface area contributed by atoms with Gasteiger partial charge >= 0.3 is 0 Å². The van der Waals surface area contributed by atoms with Gasteiger partial charge in [0.1, 0.15) is 11.3 Å². The molecule has 1 heterocycles. The molecule has 0 spiro atoms. The number of hydrogen-bond acceptors (Lipinski definition) is 5. The molecule has 150 valence electrons. The van der Waals surface area contributed by atoms with Crippen LogP contribution in [0.15, 0.2) is 12.1 Å². The van der Waals surface area contributed by atoms with Gasteiger partial charge in [-0.25, -0.2) is 4.98 Å². The summed E-state index contributed by atoms with van der Waals surface area (Å²) in [4.78, 5) is 7.15. The van der Waals surface area contributed by atoms with Crippen molar-refractivity contribution in [3.8, 4) is 11.5 Å². The lowest BCUT2D eigenvalue weighted by Gasteiger charge is -2.22. The van der Waals surface area contributed by atoms with Crippen LogP contribution < -0.4 is 14.8 Å². The van der Waals surface area contributed by atoms with Crippen molar-refractivity contribution in [2.24, 2.45) is 0 Å². The van der Waals surface area contributed by atoms with Crippen LogP contribution in [0, 0.1) is 13.8 Å². The first kappa shape index (κ1) is 21.3. The van der Waals surface area contributed by atoms with Gasteiger partial charge in [0, 0.05) is 17.8 Å². The zero-order valence-corrected chi connectivity index (χ0v) is 18.0. The van der Waals surface area contributed by atoms with E-state index in [1.165, 1.54) is 6.42 Å². The predicted octanol–water partition coefficient (Wildman–Crippen LogP) is 4.79. The summed E-state index contributed by atoms with van der Waals surface area (Å²) in [5, 5.41) is 4.64. The predicted molar refractivity (Wildman–Crippen MR) is 114 cm³/mol. The van der Waals surface area contributed by atoms with Crippen molar-refractivity contribution in [3.05, 3.63) is 23.4 Å². The van der Waals surface area contributed by atoms with E-state index in [0.717, 1.165) is 65.4 Å². The molecule has 1 N–H and O–H groups in total. The fourth-order valence-corrected chi connectivity index (χ4v) is 3.67. The fraction of sp³-hybridized carbons (Fsp3) is 0.591. The fourth-order valence-electron chi connectivity index (χ4n) is 3.67. The van der Waals surface area contributed by atoms with Crippen LogP contribution in [0.1, 0.15) is 44.9 Å². The van der Waals surface area contributed by atoms with Crippen LogP contribution in [0.2, 0.25) is 0 Å². The van der Waals surface area contributed by atoms with Crippen molar-refractivity contribution in [1.82, 2.24) is 9.88 Å². The summed E-state index contributed by atoms with van der Waals surface area (Å²) in [7, 11) is 3.41. The maximum Gasteiger partial charge on any atom is 0.151 e. The van der Waals surface area contributed by atoms with Gasteiger partial charge in [-0.15, -0.1) is 0 Å². The van der Waals surface area contributed by atoms with E-state index in [4.69, 9.17) is 9.47 Å². The number of aromatic nitrogens is 1. The van der Waals surface area contributed by atoms with E-state index < -0.39 is 0 Å². The molecule has 0 aliphatic carbocycles. The highest BCUT2D eigenvalue weighted by molar-refractivity contribution is 5.98. The Balaban J connectivity index is 2.27. The normalized spacial score (nSPS) is 12.4. The lowest BCUT2D eigenvalue weighted by Crippen LogP contribution is -2.25. The molecule has 0 radical (unpaired) electrons. The molecule has 1 aromatic carbocycles. The minimum atomic E-state index is 0.343. The van der Waals surface area contributed by atoms with Gasteiger partial charge in [0.2, 0.25) is 0 Å². The molecular weight excluding hydrogens is 338 g/mol. The molecule has 0 aliphatic heterocycles. The number of aryl methyl sites for hydroxylation is 2. The molecule has 2 aromatic rings. The summed E-state index contributed by atoms with van der Waals surface area (Å²) in [5.74, 6) is 1.61. The molecule has 0 aliphatic rings. The van der Waals surface area contributed by atoms with E-state index in [9.17, 15) is 0 Å². The standard InChI is InChI=1S/C22H35N3O2/c1-8-25(9-2)12-10-11-16(4)23-18-14-19(26-6)21-20(22(18)27-7)15(3)13-17(5)24-21/h13-14,16,23H,8-12H2,1-7H3/t16-/m1/s1. The average molecular weight is 374 g/mol. The molecular formula is C22H35N3O2. The van der Waals surface area contributed by atoms with Crippen LogP contribution in [-0.2, 0) is 0 Å². The van der Waals surface area contributed by atoms with Crippen molar-refractivity contribution >= 4 is 16.6 Å². The molecule has 0 fully saturated rings. The van der Waals surface area contributed by atoms with Crippen LogP contribution >= 0.6 is 0 Å². The van der Waals surface area contributed by atoms with Crippen LogP contribution in [0.3, 0.4) is 0 Å². The molecule has 1 atom stereocenters. The number of pyridine rings is 1. The monoisotopic (exact) mass is 373 g/mol. The Morgan fingerprint density at radius 2 is 1.81 bits per heavy atom. The number of ether oxygens (including phenoxy) is 2. The average Bonchev–Trinajstić information content (AvgIpc) is 2.64. The Morgan fingerprint density at radius 1 is 1.11 bits per heavy atom. The molecule has 0 saturated heterocycles. The Hall–Kier alpha value is -2.01. The van der Waals surface area contributed by atoms with Crippen LogP contribution in [0.5, 0.6) is 11.5 Å². The van der Waals surface area contributed by atoms with Gasteiger partial charge < -0.3 is 19.7 Å². The molecule has 0 bridgehead atoms. The Labute approximate surface area is 164 Å². The van der Waals surface area contributed by atoms with Gasteiger partial charge in [-0.2, -0.15) is 0 Å². The van der Waals surface area contributed by atoms with E-state index in [-0.39, 0.29) is 0 Å². The lowest BCUT2D eigenvalue weighted by molar-refractivity contribution is 0.295. The minimum absolute atomic E-state index is 0.343. The van der Waals surface area contributed by atoms with Crippen molar-refractivity contribution in [2.75, 3.05) is 39.2 Å². The topological polar surface area (TPSA) is 46.6 Å². The number of nitrogens with one attached hydrogen (secondary N) is 1. The lowest BCUT2D eigenvalue weighted by atomic mass is 10.0. The summed E-state index contributed by atoms with van der Waals surface area (Å²) >= 11 is 0. The molecule has 2 rings (SSSR count). The zero-order chi connectivity index (χ0) is 20.0. The van der Waals surface area contributed by atoms with Gasteiger partial charge in [0.15, 0.2) is 5.75 Å². The van der Waals surface area contributed by atoms with Crippen LogP contribution in [-0.4, -0.2) is 49.8 Å². The molecule has 5 heteroatoms. The number of nitrogens with zero attached hydrogens (tertiary/aromatic N) is 2. The first-order valence-corrected chi connectivity index (χ1v) is 9.96. The minimum Gasteiger partial charge on any atom is -0.494 e. The highest BCUT2D eigenvalue weighted by Crippen LogP contribution is 2.41. The quantitative estimate of drug-likeness (QED) is 0.649. The maximum absolute atomic E-state index is 5.79. The van der Waals surface area contributed by atoms with Crippen molar-refractivity contribution < 1.29 is 9.47 Å². The molecule has 0 unspecified atom stereocenters. The zero-order valence-electron chi connectivity index (χ0n) is 18.0. The van der Waals surface area contributed by atoms with Crippen molar-refractivity contribution in [2.45, 2.75) is 53.5 Å². The molecule has 5 nitrogen and oxygen atoms in total. The summed E-state index contributed by atoms with van der Waals surface area (Å²) in [6.07, 6.45) is 2.27. The molecule has 1 aromatic heterocycles. The maximum atomic E-state index is 5.79. The number of anilines is 1. The number of benzene rings is 1. The van der Waals surface area contributed by atoms with E-state index in [1.54, 1.807) is 14.2 Å². The molecule has 27 heavy (non-hydrogen) atoms. The summed E-state index contributed by atoms with van der Waals surface area (Å²) < 4.78 is 11.4. The smallest absolute Gasteiger partial charge is 0.151 e. The number of methoxy groups -OCH3 is 2. The number of rotatable bonds is 10. The van der Waals surface area contributed by atoms with Crippen LogP contribution in [0.4, 0.5) is 5.69 Å². The van der Waals surface area contributed by atoms with E-state index in [2.05, 4.69) is 49.0 Å². The number of fused-ring (bicyclic) bond motifs is 1. The first-order chi connectivity index (χ1) is 12.9. The van der Waals surface area contributed by atoms with Gasteiger partial charge in [-0.05, 0) is 64.9 Å². The van der Waals surface area contributed by atoms with Crippen molar-refractivity contribution in [3.63, 3.8) is 0 Å². The largest absolute Gasteiger partial charge is 0.494 e. The van der Waals surface area contributed by atoms with Gasteiger partial charge in [-0.3, -0.25) is 0 Å². The van der Waals surface area contributed by atoms with Crippen LogP contribution in [0.25, 0.3) is 10.9 Å². The van der Waals surface area contributed by atoms with E-state index in [0.29, 0.717) is 6.04 Å². The third-order valence-corrected chi connectivity index (χ3v) is 5.16. The molecule has 0 amide bonds. The SMILES string of the molecule is CCN(CC)CCC[C@@H](C)Nc1cc(OC)c2nc(C)cc(C)c2c1OC. The second kappa shape index (κ2) is 9.79. The first-order valence-electron chi connectivity index (χ1n) is 9.96.